The van der Waals surface area contributed by atoms with E-state index >= 15 is 0 Å². The molecule has 1 aliphatic heterocycles. The number of carbonyl (C=O) groups excluding carboxylic acids is 2. The summed E-state index contributed by atoms with van der Waals surface area (Å²) in [5, 5.41) is -0.277. The highest BCUT2D eigenvalue weighted by Gasteiger charge is 2.35. The number of thioether (sulfide) groups is 1. The van der Waals surface area contributed by atoms with Crippen LogP contribution < -0.4 is 9.47 Å². The van der Waals surface area contributed by atoms with E-state index in [1.54, 1.807) is 13.2 Å². The van der Waals surface area contributed by atoms with Gasteiger partial charge in [0, 0.05) is 23.1 Å². The number of hydrogen-bond donors (Lipinski definition) is 0. The Bertz CT molecular complexity index is 1240. The third-order valence-corrected chi connectivity index (χ3v) is 6.42. The Labute approximate surface area is 197 Å². The molecule has 33 heavy (non-hydrogen) atoms. The molecule has 6 nitrogen and oxygen atoms in total. The Balaban J connectivity index is 1.50. The van der Waals surface area contributed by atoms with Crippen LogP contribution in [-0.4, -0.2) is 40.9 Å². The lowest BCUT2D eigenvalue weighted by atomic mass is 10.2. The lowest BCUT2D eigenvalue weighted by Gasteiger charge is -2.13. The first kappa shape index (κ1) is 22.7. The molecular formula is C26H26N2O4S. The van der Waals surface area contributed by atoms with Gasteiger partial charge in [0.15, 0.2) is 0 Å². The quantitative estimate of drug-likeness (QED) is 0.432. The molecule has 1 aromatic heterocycles. The van der Waals surface area contributed by atoms with E-state index in [1.807, 2.05) is 75.4 Å². The van der Waals surface area contributed by atoms with Crippen LogP contribution in [0.1, 0.15) is 22.5 Å². The zero-order valence-electron chi connectivity index (χ0n) is 19.1. The lowest BCUT2D eigenvalue weighted by molar-refractivity contribution is -0.123. The van der Waals surface area contributed by atoms with E-state index in [4.69, 9.17) is 9.47 Å². The van der Waals surface area contributed by atoms with E-state index < -0.39 is 0 Å². The minimum Gasteiger partial charge on any atom is -0.497 e. The number of hydrogen-bond acceptors (Lipinski definition) is 5. The summed E-state index contributed by atoms with van der Waals surface area (Å²) in [6.45, 7) is 6.45. The van der Waals surface area contributed by atoms with Gasteiger partial charge in [0.2, 0.25) is 0 Å². The van der Waals surface area contributed by atoms with Gasteiger partial charge >= 0.3 is 0 Å². The second-order valence-electron chi connectivity index (χ2n) is 7.86. The first-order chi connectivity index (χ1) is 15.9. The van der Waals surface area contributed by atoms with Crippen molar-refractivity contribution in [3.05, 3.63) is 82.0 Å². The average molecular weight is 463 g/mol. The molecule has 170 valence electrons. The number of methoxy groups -OCH3 is 1. The van der Waals surface area contributed by atoms with Crippen molar-refractivity contribution in [2.24, 2.45) is 0 Å². The van der Waals surface area contributed by atoms with Crippen LogP contribution in [-0.2, 0) is 4.79 Å². The Morgan fingerprint density at radius 1 is 0.970 bits per heavy atom. The van der Waals surface area contributed by atoms with Crippen LogP contribution in [0.4, 0.5) is 4.79 Å². The van der Waals surface area contributed by atoms with Crippen LogP contribution in [0, 0.1) is 20.8 Å². The van der Waals surface area contributed by atoms with Gasteiger partial charge in [-0.25, -0.2) is 0 Å². The van der Waals surface area contributed by atoms with Crippen molar-refractivity contribution < 1.29 is 19.1 Å². The average Bonchev–Trinajstić information content (AvgIpc) is 3.22. The van der Waals surface area contributed by atoms with Crippen molar-refractivity contribution in [3.8, 4) is 17.2 Å². The smallest absolute Gasteiger partial charge is 0.293 e. The summed E-state index contributed by atoms with van der Waals surface area (Å²) in [6, 6.07) is 17.5. The third-order valence-electron chi connectivity index (χ3n) is 5.52. The SMILES string of the molecule is COc1cccc(-n2c(C)cc(/C=C3\SC(=O)N(CCOc4cccc(C)c4)C3=O)c2C)c1. The van der Waals surface area contributed by atoms with Crippen LogP contribution in [0.15, 0.2) is 59.5 Å². The summed E-state index contributed by atoms with van der Waals surface area (Å²) in [5.41, 5.74) is 4.98. The summed E-state index contributed by atoms with van der Waals surface area (Å²) < 4.78 is 13.2. The van der Waals surface area contributed by atoms with Crippen molar-refractivity contribution in [1.82, 2.24) is 9.47 Å². The number of carbonyl (C=O) groups is 2. The fourth-order valence-electron chi connectivity index (χ4n) is 3.87. The predicted molar refractivity (Wildman–Crippen MR) is 131 cm³/mol. The number of imide groups is 1. The monoisotopic (exact) mass is 462 g/mol. The van der Waals surface area contributed by atoms with E-state index in [0.29, 0.717) is 4.91 Å². The molecule has 7 heteroatoms. The number of aromatic nitrogens is 1. The molecule has 3 aromatic rings. The fourth-order valence-corrected chi connectivity index (χ4v) is 4.73. The molecule has 2 amide bonds. The predicted octanol–water partition coefficient (Wildman–Crippen LogP) is 5.53. The maximum Gasteiger partial charge on any atom is 0.293 e. The molecule has 1 saturated heterocycles. The van der Waals surface area contributed by atoms with Gasteiger partial charge in [0.05, 0.1) is 18.6 Å². The number of ether oxygens (including phenoxy) is 2. The topological polar surface area (TPSA) is 60.8 Å². The maximum absolute atomic E-state index is 12.9. The molecule has 1 fully saturated rings. The van der Waals surface area contributed by atoms with Crippen LogP contribution >= 0.6 is 11.8 Å². The van der Waals surface area contributed by atoms with Gasteiger partial charge in [-0.2, -0.15) is 0 Å². The zero-order chi connectivity index (χ0) is 23.5. The number of benzene rings is 2. The highest BCUT2D eigenvalue weighted by Crippen LogP contribution is 2.34. The van der Waals surface area contributed by atoms with Gasteiger partial charge in [-0.15, -0.1) is 0 Å². The molecule has 2 aromatic carbocycles. The van der Waals surface area contributed by atoms with E-state index in [1.165, 1.54) is 4.90 Å². The third kappa shape index (κ3) is 4.83. The second-order valence-corrected chi connectivity index (χ2v) is 8.85. The largest absolute Gasteiger partial charge is 0.497 e. The maximum atomic E-state index is 12.9. The Morgan fingerprint density at radius 2 is 1.73 bits per heavy atom. The highest BCUT2D eigenvalue weighted by atomic mass is 32.2. The molecule has 2 heterocycles. The number of rotatable bonds is 7. The van der Waals surface area contributed by atoms with Crippen LogP contribution in [0.3, 0.4) is 0 Å². The van der Waals surface area contributed by atoms with Crippen LogP contribution in [0.2, 0.25) is 0 Å². The van der Waals surface area contributed by atoms with Crippen molar-refractivity contribution in [2.45, 2.75) is 20.8 Å². The molecule has 0 spiro atoms. The van der Waals surface area contributed by atoms with Gasteiger partial charge in [-0.3, -0.25) is 14.5 Å². The van der Waals surface area contributed by atoms with Crippen molar-refractivity contribution >= 4 is 29.0 Å². The van der Waals surface area contributed by atoms with Crippen LogP contribution in [0.25, 0.3) is 11.8 Å². The summed E-state index contributed by atoms with van der Waals surface area (Å²) >= 11 is 0.965. The van der Waals surface area contributed by atoms with Gasteiger partial charge < -0.3 is 14.0 Å². The Hall–Kier alpha value is -3.45. The molecule has 1 aliphatic rings. The molecule has 0 atom stereocenters. The minimum atomic E-state index is -0.288. The first-order valence-electron chi connectivity index (χ1n) is 10.7. The van der Waals surface area contributed by atoms with Crippen molar-refractivity contribution in [2.75, 3.05) is 20.3 Å². The van der Waals surface area contributed by atoms with Gasteiger partial charge in [0.1, 0.15) is 18.1 Å². The highest BCUT2D eigenvalue weighted by molar-refractivity contribution is 8.18. The van der Waals surface area contributed by atoms with E-state index in [9.17, 15) is 9.59 Å². The minimum absolute atomic E-state index is 0.207. The van der Waals surface area contributed by atoms with Gasteiger partial charge in [0.25, 0.3) is 11.1 Å². The first-order valence-corrected chi connectivity index (χ1v) is 11.5. The summed E-state index contributed by atoms with van der Waals surface area (Å²) in [7, 11) is 1.64. The molecule has 0 aliphatic carbocycles. The molecule has 0 N–H and O–H groups in total. The van der Waals surface area contributed by atoms with Crippen LogP contribution in [0.5, 0.6) is 11.5 Å². The summed E-state index contributed by atoms with van der Waals surface area (Å²) in [4.78, 5) is 27.1. The summed E-state index contributed by atoms with van der Waals surface area (Å²) in [6.07, 6.45) is 1.80. The number of aryl methyl sites for hydroxylation is 2. The molecule has 0 radical (unpaired) electrons. The zero-order valence-corrected chi connectivity index (χ0v) is 19.9. The van der Waals surface area contributed by atoms with Crippen molar-refractivity contribution in [1.29, 1.82) is 0 Å². The Kier molecular flexibility index (Phi) is 6.60. The fraction of sp³-hybridized carbons (Fsp3) is 0.231. The molecule has 0 unspecified atom stereocenters. The Morgan fingerprint density at radius 3 is 2.48 bits per heavy atom. The molecule has 4 rings (SSSR count). The second kappa shape index (κ2) is 9.58. The van der Waals surface area contributed by atoms with E-state index in [2.05, 4.69) is 4.57 Å². The summed E-state index contributed by atoms with van der Waals surface area (Å²) in [5.74, 6) is 1.21. The van der Waals surface area contributed by atoms with E-state index in [-0.39, 0.29) is 24.3 Å². The normalized spacial score (nSPS) is 14.9. The van der Waals surface area contributed by atoms with Gasteiger partial charge in [-0.1, -0.05) is 18.2 Å². The van der Waals surface area contributed by atoms with Gasteiger partial charge in [-0.05, 0) is 80.1 Å². The lowest BCUT2D eigenvalue weighted by Crippen LogP contribution is -2.32. The molecular weight excluding hydrogens is 436 g/mol. The number of amides is 2. The molecule has 0 bridgehead atoms. The number of nitrogens with zero attached hydrogens (tertiary/aromatic N) is 2. The van der Waals surface area contributed by atoms with Crippen molar-refractivity contribution in [3.63, 3.8) is 0 Å². The standard InChI is InChI=1S/C26H26N2O4S/c1-17-7-5-10-23(13-17)32-12-11-27-25(29)24(33-26(27)30)15-20-14-18(2)28(19(20)3)21-8-6-9-22(16-21)31-4/h5-10,13-16H,11-12H2,1-4H3/b24-15-. The molecule has 0 saturated carbocycles. The van der Waals surface area contributed by atoms with E-state index in [0.717, 1.165) is 51.5 Å².